The predicted octanol–water partition coefficient (Wildman–Crippen LogP) is 3.02. The smallest absolute Gasteiger partial charge is 0.206 e. The van der Waals surface area contributed by atoms with Crippen LogP contribution in [0.1, 0.15) is 32.6 Å². The van der Waals surface area contributed by atoms with E-state index >= 15 is 0 Å². The Morgan fingerprint density at radius 2 is 2.47 bits per heavy atom. The summed E-state index contributed by atoms with van der Waals surface area (Å²) in [7, 11) is 0. The highest BCUT2D eigenvalue weighted by molar-refractivity contribution is 8.01. The summed E-state index contributed by atoms with van der Waals surface area (Å²) in [6, 6.07) is 0. The maximum Gasteiger partial charge on any atom is 0.206 e. The van der Waals surface area contributed by atoms with E-state index in [9.17, 15) is 0 Å². The van der Waals surface area contributed by atoms with Crippen LogP contribution in [0.5, 0.6) is 0 Å². The van der Waals surface area contributed by atoms with E-state index in [1.165, 1.54) is 19.3 Å². The molecule has 1 aromatic heterocycles. The molecular weight excluding hydrogens is 254 g/mol. The zero-order valence-electron chi connectivity index (χ0n) is 10.1. The molecule has 1 fully saturated rings. The Morgan fingerprint density at radius 1 is 1.53 bits per heavy atom. The number of rotatable bonds is 7. The Hall–Kier alpha value is -0.330. The lowest BCUT2D eigenvalue weighted by atomic mass is 10.2. The highest BCUT2D eigenvalue weighted by Crippen LogP contribution is 2.26. The summed E-state index contributed by atoms with van der Waals surface area (Å²) in [6.07, 6.45) is 5.17. The van der Waals surface area contributed by atoms with Crippen molar-refractivity contribution in [3.8, 4) is 0 Å². The van der Waals surface area contributed by atoms with Gasteiger partial charge in [0.2, 0.25) is 5.13 Å². The van der Waals surface area contributed by atoms with Gasteiger partial charge in [-0.25, -0.2) is 0 Å². The molecule has 0 spiro atoms. The molecule has 4 nitrogen and oxygen atoms in total. The molecule has 1 atom stereocenters. The Balaban J connectivity index is 1.69. The number of nitrogens with zero attached hydrogens (tertiary/aromatic N) is 2. The van der Waals surface area contributed by atoms with Crippen molar-refractivity contribution >= 4 is 28.2 Å². The third-order valence-electron chi connectivity index (χ3n) is 2.63. The molecule has 6 heteroatoms. The van der Waals surface area contributed by atoms with E-state index in [2.05, 4.69) is 22.4 Å². The van der Waals surface area contributed by atoms with Crippen LogP contribution in [0.2, 0.25) is 0 Å². The lowest BCUT2D eigenvalue weighted by molar-refractivity contribution is 0.120. The fourth-order valence-electron chi connectivity index (χ4n) is 1.65. The number of ether oxygens (including phenoxy) is 1. The van der Waals surface area contributed by atoms with Crippen molar-refractivity contribution < 1.29 is 4.74 Å². The molecule has 1 saturated heterocycles. The fraction of sp³-hybridized carbons (Fsp3) is 0.818. The molecule has 2 rings (SSSR count). The number of unbranched alkanes of at least 4 members (excludes halogenated alkanes) is 1. The highest BCUT2D eigenvalue weighted by Gasteiger charge is 2.15. The van der Waals surface area contributed by atoms with Gasteiger partial charge in [-0.3, -0.25) is 0 Å². The maximum absolute atomic E-state index is 5.55. The van der Waals surface area contributed by atoms with E-state index < -0.39 is 0 Å². The van der Waals surface area contributed by atoms with Crippen LogP contribution in [0.15, 0.2) is 4.34 Å². The minimum atomic E-state index is 0.357. The van der Waals surface area contributed by atoms with Gasteiger partial charge in [0.1, 0.15) is 0 Å². The van der Waals surface area contributed by atoms with Crippen LogP contribution < -0.4 is 5.32 Å². The van der Waals surface area contributed by atoms with Crippen LogP contribution in [-0.4, -0.2) is 35.2 Å². The molecule has 17 heavy (non-hydrogen) atoms. The number of aromatic nitrogens is 2. The van der Waals surface area contributed by atoms with Crippen LogP contribution in [0, 0.1) is 0 Å². The summed E-state index contributed by atoms with van der Waals surface area (Å²) >= 11 is 3.44. The zero-order chi connectivity index (χ0) is 11.9. The summed E-state index contributed by atoms with van der Waals surface area (Å²) in [4.78, 5) is 0. The second kappa shape index (κ2) is 7.18. The number of thioether (sulfide) groups is 1. The summed E-state index contributed by atoms with van der Waals surface area (Å²) in [5.74, 6) is 1.14. The van der Waals surface area contributed by atoms with Crippen molar-refractivity contribution in [2.24, 2.45) is 0 Å². The van der Waals surface area contributed by atoms with Gasteiger partial charge >= 0.3 is 0 Å². The standard InChI is InChI=1S/C11H19N3OS2/c1-2-3-7-16-11-14-13-10(17-11)12-8-9-5-4-6-15-9/h9H,2-8H2,1H3,(H,12,13). The minimum Gasteiger partial charge on any atom is -0.376 e. The van der Waals surface area contributed by atoms with Crippen molar-refractivity contribution in [2.75, 3.05) is 24.2 Å². The van der Waals surface area contributed by atoms with Gasteiger partial charge in [0, 0.05) is 18.9 Å². The normalized spacial score (nSPS) is 19.7. The number of anilines is 1. The molecule has 1 aliphatic rings. The van der Waals surface area contributed by atoms with Gasteiger partial charge < -0.3 is 10.1 Å². The van der Waals surface area contributed by atoms with E-state index in [0.717, 1.165) is 34.8 Å². The molecule has 0 radical (unpaired) electrons. The number of nitrogens with one attached hydrogen (secondary N) is 1. The van der Waals surface area contributed by atoms with Crippen LogP contribution in [0.4, 0.5) is 5.13 Å². The van der Waals surface area contributed by atoms with E-state index in [4.69, 9.17) is 4.74 Å². The molecule has 1 aliphatic heterocycles. The van der Waals surface area contributed by atoms with E-state index in [1.54, 1.807) is 23.1 Å². The van der Waals surface area contributed by atoms with Gasteiger partial charge in [0.15, 0.2) is 4.34 Å². The third-order valence-corrected chi connectivity index (χ3v) is 4.74. The van der Waals surface area contributed by atoms with Crippen LogP contribution in [0.3, 0.4) is 0 Å². The fourth-order valence-corrected chi connectivity index (χ4v) is 3.56. The number of hydrogen-bond acceptors (Lipinski definition) is 6. The van der Waals surface area contributed by atoms with Crippen molar-refractivity contribution in [3.63, 3.8) is 0 Å². The van der Waals surface area contributed by atoms with E-state index in [-0.39, 0.29) is 0 Å². The van der Waals surface area contributed by atoms with E-state index in [1.807, 2.05) is 0 Å². The van der Waals surface area contributed by atoms with Crippen LogP contribution in [-0.2, 0) is 4.74 Å². The Kier molecular flexibility index (Phi) is 5.54. The van der Waals surface area contributed by atoms with E-state index in [0.29, 0.717) is 6.10 Å². The van der Waals surface area contributed by atoms with Gasteiger partial charge in [-0.1, -0.05) is 36.4 Å². The third kappa shape index (κ3) is 4.44. The molecule has 0 aliphatic carbocycles. The average Bonchev–Trinajstić information content (AvgIpc) is 2.98. The van der Waals surface area contributed by atoms with Gasteiger partial charge in [-0.05, 0) is 19.3 Å². The second-order valence-corrected chi connectivity index (χ2v) is 6.41. The molecule has 96 valence electrons. The van der Waals surface area contributed by atoms with Gasteiger partial charge in [0.25, 0.3) is 0 Å². The first-order valence-electron chi connectivity index (χ1n) is 6.20. The molecule has 0 aromatic carbocycles. The van der Waals surface area contributed by atoms with Crippen LogP contribution in [0.25, 0.3) is 0 Å². The Morgan fingerprint density at radius 3 is 3.24 bits per heavy atom. The van der Waals surface area contributed by atoms with Gasteiger partial charge in [-0.2, -0.15) is 0 Å². The zero-order valence-corrected chi connectivity index (χ0v) is 11.8. The van der Waals surface area contributed by atoms with Crippen molar-refractivity contribution in [1.82, 2.24) is 10.2 Å². The first-order chi connectivity index (χ1) is 8.38. The molecule has 1 aromatic rings. The average molecular weight is 273 g/mol. The molecule has 1 unspecified atom stereocenters. The predicted molar refractivity (Wildman–Crippen MR) is 73.0 cm³/mol. The molecule has 0 amide bonds. The van der Waals surface area contributed by atoms with Gasteiger partial charge in [0.05, 0.1) is 6.10 Å². The topological polar surface area (TPSA) is 47.0 Å². The summed E-state index contributed by atoms with van der Waals surface area (Å²) < 4.78 is 6.61. The van der Waals surface area contributed by atoms with Crippen molar-refractivity contribution in [3.05, 3.63) is 0 Å². The second-order valence-electron chi connectivity index (χ2n) is 4.09. The lowest BCUT2D eigenvalue weighted by Gasteiger charge is -2.08. The van der Waals surface area contributed by atoms with Crippen LogP contribution >= 0.6 is 23.1 Å². The molecule has 1 N–H and O–H groups in total. The SMILES string of the molecule is CCCCSc1nnc(NCC2CCCO2)s1. The first-order valence-corrected chi connectivity index (χ1v) is 8.00. The summed E-state index contributed by atoms with van der Waals surface area (Å²) in [5, 5.41) is 12.5. The number of hydrogen-bond donors (Lipinski definition) is 1. The summed E-state index contributed by atoms with van der Waals surface area (Å²) in [5.41, 5.74) is 0. The Bertz CT molecular complexity index is 326. The lowest BCUT2D eigenvalue weighted by Crippen LogP contribution is -2.18. The van der Waals surface area contributed by atoms with Crippen molar-refractivity contribution in [1.29, 1.82) is 0 Å². The summed E-state index contributed by atoms with van der Waals surface area (Å²) in [6.45, 7) is 3.96. The quantitative estimate of drug-likeness (QED) is 0.611. The minimum absolute atomic E-state index is 0.357. The highest BCUT2D eigenvalue weighted by atomic mass is 32.2. The molecule has 0 bridgehead atoms. The molecule has 0 saturated carbocycles. The monoisotopic (exact) mass is 273 g/mol. The van der Waals surface area contributed by atoms with Crippen molar-refractivity contribution in [2.45, 2.75) is 43.1 Å². The first kappa shape index (κ1) is 13.1. The maximum atomic E-state index is 5.55. The molecule has 2 heterocycles. The molecular formula is C11H19N3OS2. The Labute approximate surface area is 111 Å². The largest absolute Gasteiger partial charge is 0.376 e. The van der Waals surface area contributed by atoms with Gasteiger partial charge in [-0.15, -0.1) is 10.2 Å².